The smallest absolute Gasteiger partial charge is 0.330 e. The fourth-order valence-corrected chi connectivity index (χ4v) is 3.93. The number of rotatable bonds is 6. The lowest BCUT2D eigenvalue weighted by Crippen LogP contribution is -2.13. The van der Waals surface area contributed by atoms with Gasteiger partial charge in [-0.2, -0.15) is 0 Å². The average Bonchev–Trinajstić information content (AvgIpc) is 2.66. The molecule has 0 atom stereocenters. The number of hydrogen-bond donors (Lipinski definition) is 1. The van der Waals surface area contributed by atoms with Crippen molar-refractivity contribution in [2.45, 2.75) is 18.7 Å². The SMILES string of the molecule is CCOC(=O)/C=C/c1ccc(NS(=O)(=O)c2cccc3cc(C)cnc23)cc1. The third-order valence-corrected chi connectivity index (χ3v) is 5.37. The van der Waals surface area contributed by atoms with Crippen LogP contribution in [-0.4, -0.2) is 26.0 Å². The number of nitrogens with one attached hydrogen (secondary N) is 1. The normalized spacial score (nSPS) is 11.6. The lowest BCUT2D eigenvalue weighted by Gasteiger charge is -2.10. The average molecular weight is 396 g/mol. The first-order chi connectivity index (χ1) is 13.4. The summed E-state index contributed by atoms with van der Waals surface area (Å²) in [5, 5.41) is 0.766. The van der Waals surface area contributed by atoms with E-state index in [9.17, 15) is 13.2 Å². The Kier molecular flexibility index (Phi) is 5.75. The molecular formula is C21H20N2O4S. The molecule has 1 N–H and O–H groups in total. The summed E-state index contributed by atoms with van der Waals surface area (Å²) in [5.74, 6) is -0.425. The minimum atomic E-state index is -3.80. The Morgan fingerprint density at radius 3 is 2.64 bits per heavy atom. The van der Waals surface area contributed by atoms with Crippen LogP contribution < -0.4 is 4.72 Å². The van der Waals surface area contributed by atoms with Crippen LogP contribution >= 0.6 is 0 Å². The molecular weight excluding hydrogens is 376 g/mol. The largest absolute Gasteiger partial charge is 0.463 e. The van der Waals surface area contributed by atoms with Gasteiger partial charge in [-0.15, -0.1) is 0 Å². The standard InChI is InChI=1S/C21H20N2O4S/c1-3-27-20(24)12-9-16-7-10-18(11-8-16)23-28(25,26)19-6-4-5-17-13-15(2)14-22-21(17)19/h4-14,23H,3H2,1-2H3/b12-9+. The molecule has 0 amide bonds. The molecule has 0 bridgehead atoms. The summed E-state index contributed by atoms with van der Waals surface area (Å²) < 4.78 is 33.1. The Bertz CT molecular complexity index is 1140. The third kappa shape index (κ3) is 4.55. The summed E-state index contributed by atoms with van der Waals surface area (Å²) in [5.41, 5.74) is 2.55. The van der Waals surface area contributed by atoms with Crippen molar-refractivity contribution in [1.29, 1.82) is 0 Å². The molecule has 2 aromatic carbocycles. The van der Waals surface area contributed by atoms with Crippen molar-refractivity contribution >= 4 is 38.7 Å². The van der Waals surface area contributed by atoms with Crippen molar-refractivity contribution in [3.05, 3.63) is 71.9 Å². The molecule has 3 rings (SSSR count). The van der Waals surface area contributed by atoms with Gasteiger partial charge in [0.05, 0.1) is 12.1 Å². The number of carbonyl (C=O) groups excluding carboxylic acids is 1. The van der Waals surface area contributed by atoms with Crippen molar-refractivity contribution in [3.63, 3.8) is 0 Å². The van der Waals surface area contributed by atoms with E-state index in [0.29, 0.717) is 17.8 Å². The number of esters is 1. The minimum absolute atomic E-state index is 0.122. The molecule has 0 spiro atoms. The number of fused-ring (bicyclic) bond motifs is 1. The molecule has 0 radical (unpaired) electrons. The summed E-state index contributed by atoms with van der Waals surface area (Å²) in [6.07, 6.45) is 4.58. The van der Waals surface area contributed by atoms with Crippen LogP contribution in [-0.2, 0) is 19.6 Å². The van der Waals surface area contributed by atoms with E-state index in [1.807, 2.05) is 19.1 Å². The lowest BCUT2D eigenvalue weighted by molar-refractivity contribution is -0.137. The van der Waals surface area contributed by atoms with Crippen molar-refractivity contribution in [2.75, 3.05) is 11.3 Å². The first-order valence-corrected chi connectivity index (χ1v) is 10.2. The maximum atomic E-state index is 12.8. The highest BCUT2D eigenvalue weighted by Crippen LogP contribution is 2.24. The third-order valence-electron chi connectivity index (χ3n) is 3.96. The zero-order valence-electron chi connectivity index (χ0n) is 15.5. The molecule has 0 unspecified atom stereocenters. The fraction of sp³-hybridized carbons (Fsp3) is 0.143. The molecule has 0 saturated heterocycles. The molecule has 0 fully saturated rings. The zero-order chi connectivity index (χ0) is 20.1. The van der Waals surface area contributed by atoms with Crippen molar-refractivity contribution in [1.82, 2.24) is 4.98 Å². The number of aryl methyl sites for hydroxylation is 1. The number of sulfonamides is 1. The van der Waals surface area contributed by atoms with Crippen LogP contribution in [0.15, 0.2) is 65.7 Å². The van der Waals surface area contributed by atoms with E-state index >= 15 is 0 Å². The molecule has 3 aromatic rings. The van der Waals surface area contributed by atoms with Crippen LogP contribution in [0.1, 0.15) is 18.1 Å². The summed E-state index contributed by atoms with van der Waals surface area (Å²) in [4.78, 5) is 15.8. The van der Waals surface area contributed by atoms with Gasteiger partial charge in [0.15, 0.2) is 0 Å². The number of carbonyl (C=O) groups is 1. The number of anilines is 1. The van der Waals surface area contributed by atoms with Gasteiger partial charge in [0.25, 0.3) is 10.0 Å². The molecule has 7 heteroatoms. The van der Waals surface area contributed by atoms with Crippen LogP contribution in [0.3, 0.4) is 0 Å². The molecule has 0 aliphatic carbocycles. The van der Waals surface area contributed by atoms with Gasteiger partial charge in [-0.3, -0.25) is 9.71 Å². The minimum Gasteiger partial charge on any atom is -0.463 e. The maximum absolute atomic E-state index is 12.8. The first kappa shape index (κ1) is 19.6. The predicted octanol–water partition coefficient (Wildman–Crippen LogP) is 3.92. The highest BCUT2D eigenvalue weighted by molar-refractivity contribution is 7.93. The first-order valence-electron chi connectivity index (χ1n) is 8.72. The molecule has 0 aliphatic heterocycles. The number of benzene rings is 2. The van der Waals surface area contributed by atoms with Crippen LogP contribution in [0.5, 0.6) is 0 Å². The summed E-state index contributed by atoms with van der Waals surface area (Å²) in [6, 6.07) is 13.6. The summed E-state index contributed by atoms with van der Waals surface area (Å²) in [6.45, 7) is 3.95. The molecule has 0 aliphatic rings. The monoisotopic (exact) mass is 396 g/mol. The molecule has 1 heterocycles. The second-order valence-electron chi connectivity index (χ2n) is 6.15. The Morgan fingerprint density at radius 2 is 1.93 bits per heavy atom. The van der Waals surface area contributed by atoms with E-state index in [1.165, 1.54) is 12.1 Å². The van der Waals surface area contributed by atoms with Crippen LogP contribution in [0.25, 0.3) is 17.0 Å². The van der Waals surface area contributed by atoms with Gasteiger partial charge >= 0.3 is 5.97 Å². The van der Waals surface area contributed by atoms with Gasteiger partial charge in [-0.25, -0.2) is 13.2 Å². The van der Waals surface area contributed by atoms with Gasteiger partial charge in [0.1, 0.15) is 4.90 Å². The Labute approximate surface area is 163 Å². The number of hydrogen-bond acceptors (Lipinski definition) is 5. The molecule has 6 nitrogen and oxygen atoms in total. The van der Waals surface area contributed by atoms with Crippen LogP contribution in [0, 0.1) is 6.92 Å². The maximum Gasteiger partial charge on any atom is 0.330 e. The van der Waals surface area contributed by atoms with Crippen molar-refractivity contribution in [2.24, 2.45) is 0 Å². The number of nitrogens with zero attached hydrogens (tertiary/aromatic N) is 1. The van der Waals surface area contributed by atoms with Crippen molar-refractivity contribution < 1.29 is 17.9 Å². The quantitative estimate of drug-likeness (QED) is 0.504. The van der Waals surface area contributed by atoms with E-state index < -0.39 is 16.0 Å². The molecule has 28 heavy (non-hydrogen) atoms. The second kappa shape index (κ2) is 8.22. The Balaban J connectivity index is 1.82. The van der Waals surface area contributed by atoms with E-state index in [0.717, 1.165) is 16.5 Å². The number of ether oxygens (including phenoxy) is 1. The number of aromatic nitrogens is 1. The molecule has 1 aromatic heterocycles. The summed E-state index contributed by atoms with van der Waals surface area (Å²) in [7, 11) is -3.80. The van der Waals surface area contributed by atoms with E-state index in [-0.39, 0.29) is 4.90 Å². The highest BCUT2D eigenvalue weighted by atomic mass is 32.2. The zero-order valence-corrected chi connectivity index (χ0v) is 16.4. The fourth-order valence-electron chi connectivity index (χ4n) is 2.69. The van der Waals surface area contributed by atoms with E-state index in [2.05, 4.69) is 9.71 Å². The van der Waals surface area contributed by atoms with Gasteiger partial charge in [0.2, 0.25) is 0 Å². The van der Waals surface area contributed by atoms with Gasteiger partial charge in [0, 0.05) is 23.3 Å². The Morgan fingerprint density at radius 1 is 1.18 bits per heavy atom. The number of para-hydroxylation sites is 1. The van der Waals surface area contributed by atoms with Crippen LogP contribution in [0.2, 0.25) is 0 Å². The van der Waals surface area contributed by atoms with Gasteiger partial charge < -0.3 is 4.74 Å². The second-order valence-corrected chi connectivity index (χ2v) is 7.80. The van der Waals surface area contributed by atoms with Crippen LogP contribution in [0.4, 0.5) is 5.69 Å². The topological polar surface area (TPSA) is 85.4 Å². The van der Waals surface area contributed by atoms with Crippen molar-refractivity contribution in [3.8, 4) is 0 Å². The molecule has 0 saturated carbocycles. The highest BCUT2D eigenvalue weighted by Gasteiger charge is 2.18. The van der Waals surface area contributed by atoms with Gasteiger partial charge in [-0.1, -0.05) is 24.3 Å². The predicted molar refractivity (Wildman–Crippen MR) is 109 cm³/mol. The summed E-state index contributed by atoms with van der Waals surface area (Å²) >= 11 is 0. The van der Waals surface area contributed by atoms with E-state index in [1.54, 1.807) is 49.5 Å². The Hall–Kier alpha value is -3.19. The van der Waals surface area contributed by atoms with E-state index in [4.69, 9.17) is 4.74 Å². The lowest BCUT2D eigenvalue weighted by atomic mass is 10.2. The van der Waals surface area contributed by atoms with Gasteiger partial charge in [-0.05, 0) is 55.3 Å². The number of pyridine rings is 1. The molecule has 144 valence electrons.